The highest BCUT2D eigenvalue weighted by Crippen LogP contribution is 2.23. The molecule has 4 rings (SSSR count). The molecular formula is C19H22N4O2S. The Morgan fingerprint density at radius 1 is 1.35 bits per heavy atom. The number of aliphatic hydroxyl groups excluding tert-OH is 1. The minimum Gasteiger partial charge on any atom is -0.387 e. The molecule has 1 aliphatic heterocycles. The first-order valence-corrected chi connectivity index (χ1v) is 9.79. The van der Waals surface area contributed by atoms with E-state index >= 15 is 0 Å². The number of fused-ring (bicyclic) bond motifs is 2. The Labute approximate surface area is 156 Å². The minimum absolute atomic E-state index is 0.150. The number of amides is 1. The van der Waals surface area contributed by atoms with Crippen molar-refractivity contribution in [2.24, 2.45) is 0 Å². The van der Waals surface area contributed by atoms with Crippen molar-refractivity contribution in [3.8, 4) is 0 Å². The van der Waals surface area contributed by atoms with E-state index in [9.17, 15) is 9.90 Å². The van der Waals surface area contributed by atoms with Crippen LogP contribution in [0.4, 0.5) is 0 Å². The van der Waals surface area contributed by atoms with Crippen molar-refractivity contribution in [1.29, 1.82) is 0 Å². The molecule has 0 bridgehead atoms. The summed E-state index contributed by atoms with van der Waals surface area (Å²) in [4.78, 5) is 19.2. The fourth-order valence-corrected chi connectivity index (χ4v) is 4.27. The normalized spacial score (nSPS) is 15.7. The predicted octanol–water partition coefficient (Wildman–Crippen LogP) is 2.91. The molecule has 7 heteroatoms. The quantitative estimate of drug-likeness (QED) is 0.766. The van der Waals surface area contributed by atoms with Gasteiger partial charge in [-0.3, -0.25) is 9.48 Å². The van der Waals surface area contributed by atoms with Gasteiger partial charge in [0.2, 0.25) is 5.91 Å². The van der Waals surface area contributed by atoms with E-state index in [4.69, 9.17) is 0 Å². The molecule has 0 spiro atoms. The Hall–Kier alpha value is -2.25. The lowest BCUT2D eigenvalue weighted by Gasteiger charge is -2.19. The van der Waals surface area contributed by atoms with Crippen LogP contribution in [0.25, 0.3) is 10.2 Å². The molecule has 1 N–H and O–H groups in total. The van der Waals surface area contributed by atoms with Crippen molar-refractivity contribution < 1.29 is 9.90 Å². The SMILES string of the molecule is CC(O)c1cc2n(n1)CCCN(C(=O)CCc1nc3ccccc3s1)C2. The zero-order valence-electron chi connectivity index (χ0n) is 14.8. The van der Waals surface area contributed by atoms with Crippen molar-refractivity contribution in [3.05, 3.63) is 46.7 Å². The maximum absolute atomic E-state index is 12.7. The largest absolute Gasteiger partial charge is 0.387 e. The standard InChI is InChI=1S/C19H22N4O2S/c1-13(24)16-11-14-12-22(9-4-10-23(14)21-16)19(25)8-7-18-20-15-5-2-3-6-17(15)26-18/h2-3,5-6,11,13,24H,4,7-10,12H2,1H3. The number of carbonyl (C=O) groups excluding carboxylic acids is 1. The molecule has 0 fully saturated rings. The molecule has 0 saturated carbocycles. The van der Waals surface area contributed by atoms with Gasteiger partial charge in [-0.2, -0.15) is 5.10 Å². The average molecular weight is 370 g/mol. The van der Waals surface area contributed by atoms with E-state index in [1.165, 1.54) is 4.70 Å². The van der Waals surface area contributed by atoms with Gasteiger partial charge in [-0.05, 0) is 31.5 Å². The molecule has 3 aromatic rings. The van der Waals surface area contributed by atoms with Crippen LogP contribution in [0.3, 0.4) is 0 Å². The molecule has 3 heterocycles. The zero-order chi connectivity index (χ0) is 18.1. The van der Waals surface area contributed by atoms with Gasteiger partial charge in [0.15, 0.2) is 0 Å². The maximum Gasteiger partial charge on any atom is 0.223 e. The molecule has 136 valence electrons. The van der Waals surface area contributed by atoms with E-state index in [1.807, 2.05) is 33.8 Å². The minimum atomic E-state index is -0.586. The number of rotatable bonds is 4. The van der Waals surface area contributed by atoms with Crippen molar-refractivity contribution in [3.63, 3.8) is 0 Å². The molecule has 26 heavy (non-hydrogen) atoms. The molecule has 1 amide bonds. The summed E-state index contributed by atoms with van der Waals surface area (Å²) in [5.41, 5.74) is 2.67. The Morgan fingerprint density at radius 2 is 2.19 bits per heavy atom. The Bertz CT molecular complexity index is 898. The van der Waals surface area contributed by atoms with Gasteiger partial charge in [0.1, 0.15) is 0 Å². The summed E-state index contributed by atoms with van der Waals surface area (Å²) in [5.74, 6) is 0.150. The van der Waals surface area contributed by atoms with Crippen LogP contribution < -0.4 is 0 Å². The van der Waals surface area contributed by atoms with Crippen LogP contribution in [-0.4, -0.2) is 37.2 Å². The second-order valence-corrected chi connectivity index (χ2v) is 7.82. The number of aliphatic hydroxyl groups is 1. The molecule has 2 aromatic heterocycles. The second-order valence-electron chi connectivity index (χ2n) is 6.70. The molecular weight excluding hydrogens is 348 g/mol. The third-order valence-corrected chi connectivity index (χ3v) is 5.80. The summed E-state index contributed by atoms with van der Waals surface area (Å²) in [6, 6.07) is 9.97. The fraction of sp³-hybridized carbons (Fsp3) is 0.421. The first-order chi connectivity index (χ1) is 12.6. The van der Waals surface area contributed by atoms with Gasteiger partial charge >= 0.3 is 0 Å². The lowest BCUT2D eigenvalue weighted by Crippen LogP contribution is -2.30. The number of carbonyl (C=O) groups is 1. The van der Waals surface area contributed by atoms with Crippen LogP contribution in [-0.2, 0) is 24.3 Å². The molecule has 1 aromatic carbocycles. The smallest absolute Gasteiger partial charge is 0.223 e. The van der Waals surface area contributed by atoms with E-state index in [0.717, 1.165) is 35.7 Å². The fourth-order valence-electron chi connectivity index (χ4n) is 3.30. The van der Waals surface area contributed by atoms with E-state index in [2.05, 4.69) is 16.1 Å². The van der Waals surface area contributed by atoms with Crippen molar-refractivity contribution in [2.45, 2.75) is 45.4 Å². The molecule has 6 nitrogen and oxygen atoms in total. The molecule has 0 radical (unpaired) electrons. The number of benzene rings is 1. The van der Waals surface area contributed by atoms with Crippen molar-refractivity contribution in [1.82, 2.24) is 19.7 Å². The molecule has 1 atom stereocenters. The van der Waals surface area contributed by atoms with Crippen LogP contribution in [0.2, 0.25) is 0 Å². The maximum atomic E-state index is 12.7. The van der Waals surface area contributed by atoms with Gasteiger partial charge in [0.05, 0.1) is 39.3 Å². The first-order valence-electron chi connectivity index (χ1n) is 8.97. The summed E-state index contributed by atoms with van der Waals surface area (Å²) in [5, 5.41) is 15.2. The third-order valence-electron chi connectivity index (χ3n) is 4.70. The number of aryl methyl sites for hydroxylation is 2. The number of hydrogen-bond donors (Lipinski definition) is 1. The summed E-state index contributed by atoms with van der Waals surface area (Å²) >= 11 is 1.66. The highest BCUT2D eigenvalue weighted by Gasteiger charge is 2.21. The van der Waals surface area contributed by atoms with Gasteiger partial charge in [0, 0.05) is 25.9 Å². The van der Waals surface area contributed by atoms with E-state index in [0.29, 0.717) is 25.1 Å². The number of hydrogen-bond acceptors (Lipinski definition) is 5. The number of aromatic nitrogens is 3. The highest BCUT2D eigenvalue weighted by atomic mass is 32.1. The van der Waals surface area contributed by atoms with E-state index < -0.39 is 6.10 Å². The number of thiazole rings is 1. The third kappa shape index (κ3) is 3.50. The molecule has 1 unspecified atom stereocenters. The van der Waals surface area contributed by atoms with Gasteiger partial charge in [-0.25, -0.2) is 4.98 Å². The topological polar surface area (TPSA) is 71.2 Å². The van der Waals surface area contributed by atoms with Gasteiger partial charge in [-0.1, -0.05) is 12.1 Å². The van der Waals surface area contributed by atoms with Gasteiger partial charge in [0.25, 0.3) is 0 Å². The van der Waals surface area contributed by atoms with Crippen LogP contribution in [0.15, 0.2) is 30.3 Å². The van der Waals surface area contributed by atoms with Crippen molar-refractivity contribution >= 4 is 27.5 Å². The summed E-state index contributed by atoms with van der Waals surface area (Å²) in [7, 11) is 0. The Kier molecular flexibility index (Phi) is 4.74. The zero-order valence-corrected chi connectivity index (χ0v) is 15.6. The lowest BCUT2D eigenvalue weighted by atomic mass is 10.2. The Balaban J connectivity index is 1.42. The summed E-state index contributed by atoms with van der Waals surface area (Å²) in [6.07, 6.45) is 1.43. The van der Waals surface area contributed by atoms with Gasteiger partial charge in [-0.15, -0.1) is 11.3 Å². The number of nitrogens with zero attached hydrogens (tertiary/aromatic N) is 4. The lowest BCUT2D eigenvalue weighted by molar-refractivity contribution is -0.131. The van der Waals surface area contributed by atoms with Crippen LogP contribution in [0.5, 0.6) is 0 Å². The van der Waals surface area contributed by atoms with E-state index in [-0.39, 0.29) is 5.91 Å². The summed E-state index contributed by atoms with van der Waals surface area (Å²) < 4.78 is 3.09. The highest BCUT2D eigenvalue weighted by molar-refractivity contribution is 7.18. The first kappa shape index (κ1) is 17.2. The van der Waals surface area contributed by atoms with E-state index in [1.54, 1.807) is 18.3 Å². The van der Waals surface area contributed by atoms with Crippen LogP contribution >= 0.6 is 11.3 Å². The van der Waals surface area contributed by atoms with Crippen LogP contribution in [0, 0.1) is 0 Å². The van der Waals surface area contributed by atoms with Crippen molar-refractivity contribution in [2.75, 3.05) is 6.54 Å². The Morgan fingerprint density at radius 3 is 3.00 bits per heavy atom. The van der Waals surface area contributed by atoms with Gasteiger partial charge < -0.3 is 10.0 Å². The second kappa shape index (κ2) is 7.17. The molecule has 0 aliphatic carbocycles. The number of para-hydroxylation sites is 1. The molecule has 0 saturated heterocycles. The van der Waals surface area contributed by atoms with Crippen LogP contribution in [0.1, 0.15) is 42.3 Å². The summed E-state index contributed by atoms with van der Waals surface area (Å²) in [6.45, 7) is 3.79. The molecule has 1 aliphatic rings. The predicted molar refractivity (Wildman–Crippen MR) is 101 cm³/mol. The monoisotopic (exact) mass is 370 g/mol. The average Bonchev–Trinajstić information content (AvgIpc) is 3.17.